The molecule has 0 heterocycles. The van der Waals surface area contributed by atoms with Crippen LogP contribution in [0.5, 0.6) is 17.2 Å². The maximum absolute atomic E-state index is 11.7. The van der Waals surface area contributed by atoms with Crippen LogP contribution in [0.15, 0.2) is 42.5 Å². The molecule has 0 aliphatic heterocycles. The zero-order valence-corrected chi connectivity index (χ0v) is 13.2. The highest BCUT2D eigenvalue weighted by molar-refractivity contribution is 5.77. The second kappa shape index (κ2) is 7.54. The standard InChI is InChI=1S/C18H20O5/c1-3-23-14-8-4-6-12(10-14)15(18(20)21)11-13-7-5-9-16(22-2)17(13)19/h4-10,15,19H,3,11H2,1-2H3,(H,20,21). The van der Waals surface area contributed by atoms with Crippen molar-refractivity contribution in [1.29, 1.82) is 0 Å². The van der Waals surface area contributed by atoms with Crippen LogP contribution in [0.1, 0.15) is 24.0 Å². The molecule has 0 radical (unpaired) electrons. The van der Waals surface area contributed by atoms with Crippen molar-refractivity contribution in [3.63, 3.8) is 0 Å². The molecule has 0 bridgehead atoms. The van der Waals surface area contributed by atoms with Gasteiger partial charge in [0.1, 0.15) is 5.75 Å². The lowest BCUT2D eigenvalue weighted by molar-refractivity contribution is -0.138. The van der Waals surface area contributed by atoms with Gasteiger partial charge in [-0.15, -0.1) is 0 Å². The summed E-state index contributed by atoms with van der Waals surface area (Å²) in [6, 6.07) is 12.1. The van der Waals surface area contributed by atoms with Crippen LogP contribution in [0, 0.1) is 0 Å². The number of aliphatic carboxylic acids is 1. The Balaban J connectivity index is 2.33. The second-order valence-corrected chi connectivity index (χ2v) is 5.07. The molecule has 0 aromatic heterocycles. The number of para-hydroxylation sites is 1. The fourth-order valence-corrected chi connectivity index (χ4v) is 2.45. The minimum Gasteiger partial charge on any atom is -0.504 e. The largest absolute Gasteiger partial charge is 0.504 e. The van der Waals surface area contributed by atoms with Gasteiger partial charge in [0.25, 0.3) is 0 Å². The fourth-order valence-electron chi connectivity index (χ4n) is 2.45. The summed E-state index contributed by atoms with van der Waals surface area (Å²) in [5.74, 6) is -0.808. The second-order valence-electron chi connectivity index (χ2n) is 5.07. The van der Waals surface area contributed by atoms with Crippen molar-refractivity contribution in [2.24, 2.45) is 0 Å². The van der Waals surface area contributed by atoms with E-state index in [1.165, 1.54) is 7.11 Å². The number of methoxy groups -OCH3 is 1. The summed E-state index contributed by atoms with van der Waals surface area (Å²) in [5.41, 5.74) is 1.16. The van der Waals surface area contributed by atoms with Gasteiger partial charge in [0.2, 0.25) is 0 Å². The Morgan fingerprint density at radius 2 is 1.96 bits per heavy atom. The van der Waals surface area contributed by atoms with Crippen molar-refractivity contribution in [3.05, 3.63) is 53.6 Å². The van der Waals surface area contributed by atoms with Gasteiger partial charge >= 0.3 is 5.97 Å². The first-order valence-corrected chi connectivity index (χ1v) is 7.37. The van der Waals surface area contributed by atoms with Crippen LogP contribution < -0.4 is 9.47 Å². The number of phenols is 1. The molecule has 5 nitrogen and oxygen atoms in total. The van der Waals surface area contributed by atoms with E-state index >= 15 is 0 Å². The molecule has 0 saturated heterocycles. The highest BCUT2D eigenvalue weighted by Gasteiger charge is 2.23. The van der Waals surface area contributed by atoms with E-state index in [-0.39, 0.29) is 12.2 Å². The molecule has 0 spiro atoms. The van der Waals surface area contributed by atoms with E-state index in [0.717, 1.165) is 0 Å². The number of carboxylic acids is 1. The number of hydrogen-bond donors (Lipinski definition) is 2. The third kappa shape index (κ3) is 3.94. The molecule has 2 N–H and O–H groups in total. The van der Waals surface area contributed by atoms with Crippen molar-refractivity contribution in [2.75, 3.05) is 13.7 Å². The molecule has 1 unspecified atom stereocenters. The van der Waals surface area contributed by atoms with Crippen LogP contribution in [0.25, 0.3) is 0 Å². The Bertz CT molecular complexity index is 681. The number of phenolic OH excluding ortho intramolecular Hbond substituents is 1. The third-order valence-electron chi connectivity index (χ3n) is 3.60. The first-order valence-electron chi connectivity index (χ1n) is 7.37. The van der Waals surface area contributed by atoms with Gasteiger partial charge < -0.3 is 19.7 Å². The molecular weight excluding hydrogens is 296 g/mol. The summed E-state index contributed by atoms with van der Waals surface area (Å²) < 4.78 is 10.5. The number of ether oxygens (including phenoxy) is 2. The number of hydrogen-bond acceptors (Lipinski definition) is 4. The fraction of sp³-hybridized carbons (Fsp3) is 0.278. The maximum atomic E-state index is 11.7. The van der Waals surface area contributed by atoms with Crippen LogP contribution in [0.3, 0.4) is 0 Å². The van der Waals surface area contributed by atoms with Crippen LogP contribution in [-0.2, 0) is 11.2 Å². The molecule has 2 aromatic rings. The molecule has 0 aliphatic rings. The molecule has 2 aromatic carbocycles. The highest BCUT2D eigenvalue weighted by Crippen LogP contribution is 2.33. The normalized spacial score (nSPS) is 11.7. The van der Waals surface area contributed by atoms with Crippen molar-refractivity contribution >= 4 is 5.97 Å². The average molecular weight is 316 g/mol. The van der Waals surface area contributed by atoms with Gasteiger partial charge in [0.05, 0.1) is 19.6 Å². The van der Waals surface area contributed by atoms with Crippen molar-refractivity contribution in [1.82, 2.24) is 0 Å². The van der Waals surface area contributed by atoms with Crippen LogP contribution >= 0.6 is 0 Å². The summed E-state index contributed by atoms with van der Waals surface area (Å²) in [4.78, 5) is 11.7. The molecule has 122 valence electrons. The topological polar surface area (TPSA) is 76.0 Å². The van der Waals surface area contributed by atoms with Crippen LogP contribution in [0.4, 0.5) is 0 Å². The minimum atomic E-state index is -0.958. The van der Waals surface area contributed by atoms with Gasteiger partial charge in [-0.25, -0.2) is 0 Å². The first kappa shape index (κ1) is 16.7. The first-order chi connectivity index (χ1) is 11.1. The number of rotatable bonds is 7. The van der Waals surface area contributed by atoms with Crippen molar-refractivity contribution < 1.29 is 24.5 Å². The number of carbonyl (C=O) groups is 1. The predicted molar refractivity (Wildman–Crippen MR) is 86.4 cm³/mol. The smallest absolute Gasteiger partial charge is 0.311 e. The van der Waals surface area contributed by atoms with Gasteiger partial charge in [0.15, 0.2) is 11.5 Å². The van der Waals surface area contributed by atoms with E-state index in [1.54, 1.807) is 42.5 Å². The minimum absolute atomic E-state index is 0.0257. The predicted octanol–water partition coefficient (Wildman–Crippen LogP) is 3.21. The van der Waals surface area contributed by atoms with Crippen LogP contribution in [0.2, 0.25) is 0 Å². The molecule has 0 fully saturated rings. The summed E-state index contributed by atoms with van der Waals surface area (Å²) in [5, 5.41) is 19.7. The average Bonchev–Trinajstić information content (AvgIpc) is 2.54. The van der Waals surface area contributed by atoms with E-state index in [2.05, 4.69) is 0 Å². The summed E-state index contributed by atoms with van der Waals surface area (Å²) in [6.07, 6.45) is 0.161. The highest BCUT2D eigenvalue weighted by atomic mass is 16.5. The number of carboxylic acid groups (broad SMARTS) is 1. The van der Waals surface area contributed by atoms with E-state index < -0.39 is 11.9 Å². The number of aromatic hydroxyl groups is 1. The Morgan fingerprint density at radius 3 is 2.61 bits per heavy atom. The summed E-state index contributed by atoms with van der Waals surface area (Å²) in [7, 11) is 1.46. The van der Waals surface area contributed by atoms with Gasteiger partial charge in [-0.1, -0.05) is 24.3 Å². The lowest BCUT2D eigenvalue weighted by Gasteiger charge is -2.16. The van der Waals surface area contributed by atoms with Gasteiger partial charge in [0, 0.05) is 0 Å². The number of benzene rings is 2. The van der Waals surface area contributed by atoms with Gasteiger partial charge in [-0.2, -0.15) is 0 Å². The maximum Gasteiger partial charge on any atom is 0.311 e. The van der Waals surface area contributed by atoms with Crippen LogP contribution in [-0.4, -0.2) is 29.9 Å². The zero-order chi connectivity index (χ0) is 16.8. The zero-order valence-electron chi connectivity index (χ0n) is 13.2. The molecular formula is C18H20O5. The lowest BCUT2D eigenvalue weighted by Crippen LogP contribution is -2.14. The lowest BCUT2D eigenvalue weighted by atomic mass is 9.91. The molecule has 0 amide bonds. The van der Waals surface area contributed by atoms with Gasteiger partial charge in [-0.05, 0) is 42.7 Å². The molecule has 0 saturated carbocycles. The van der Waals surface area contributed by atoms with E-state index in [4.69, 9.17) is 9.47 Å². The SMILES string of the molecule is CCOc1cccc(C(Cc2cccc(OC)c2O)C(=O)O)c1. The summed E-state index contributed by atoms with van der Waals surface area (Å²) >= 11 is 0. The molecule has 2 rings (SSSR count). The van der Waals surface area contributed by atoms with E-state index in [0.29, 0.717) is 29.2 Å². The van der Waals surface area contributed by atoms with Crippen molar-refractivity contribution in [3.8, 4) is 17.2 Å². The molecule has 1 atom stereocenters. The Hall–Kier alpha value is -2.69. The molecule has 0 aliphatic carbocycles. The van der Waals surface area contributed by atoms with E-state index in [9.17, 15) is 15.0 Å². The Morgan fingerprint density at radius 1 is 1.22 bits per heavy atom. The Labute approximate surface area is 135 Å². The monoisotopic (exact) mass is 316 g/mol. The molecule has 5 heteroatoms. The van der Waals surface area contributed by atoms with E-state index in [1.807, 2.05) is 6.92 Å². The van der Waals surface area contributed by atoms with Gasteiger partial charge in [-0.3, -0.25) is 4.79 Å². The third-order valence-corrected chi connectivity index (χ3v) is 3.60. The quantitative estimate of drug-likeness (QED) is 0.820. The molecule has 23 heavy (non-hydrogen) atoms. The van der Waals surface area contributed by atoms with Crippen molar-refractivity contribution in [2.45, 2.75) is 19.3 Å². The Kier molecular flexibility index (Phi) is 5.46. The summed E-state index contributed by atoms with van der Waals surface area (Å²) in [6.45, 7) is 2.38.